The van der Waals surface area contributed by atoms with E-state index in [1.807, 2.05) is 6.07 Å². The minimum absolute atomic E-state index is 0. The van der Waals surface area contributed by atoms with E-state index in [1.54, 1.807) is 36.4 Å². The predicted molar refractivity (Wildman–Crippen MR) is 77.5 cm³/mol. The average Bonchev–Trinajstić information content (AvgIpc) is 2.54. The number of phenols is 1. The normalized spacial score (nSPS) is 9.15. The molecule has 0 saturated heterocycles. The largest absolute Gasteiger partial charge is 1.00 e. The number of ether oxygens (including phenoxy) is 1. The fourth-order valence-electron chi connectivity index (χ4n) is 1.58. The monoisotopic (exact) mass is 420 g/mol. The van der Waals surface area contributed by atoms with Crippen LogP contribution in [-0.2, 0) is 4.57 Å². The molecule has 0 aromatic heterocycles. The number of benzene rings is 2. The molecule has 0 atom stereocenters. The number of rotatable bonds is 4. The van der Waals surface area contributed by atoms with Crippen LogP contribution >= 0.6 is 7.60 Å². The molecule has 2 aromatic carbocycles. The van der Waals surface area contributed by atoms with Gasteiger partial charge in [0.2, 0.25) is 0 Å². The van der Waals surface area contributed by atoms with E-state index in [2.05, 4.69) is 0 Å². The molecule has 0 spiro atoms. The summed E-state index contributed by atoms with van der Waals surface area (Å²) < 4.78 is 14.1. The van der Waals surface area contributed by atoms with Crippen molar-refractivity contribution in [2.45, 2.75) is 0 Å². The van der Waals surface area contributed by atoms with Crippen LogP contribution in [-0.4, -0.2) is 23.7 Å². The standard InChI is InChI=1S/C14H12O3.CH3O5P.3Na/c1-17-11-7-8-12(13(15)9-11)14(16)10-5-3-2-4-6-10;2-1(3)7(4,5)6;;;/h2-9,15H,1H3;(H,2,3)(H2,4,5,6);;;/q;;3*+1/p-3. The van der Waals surface area contributed by atoms with Crippen molar-refractivity contribution in [3.63, 3.8) is 0 Å². The first-order valence-electron chi connectivity index (χ1n) is 6.37. The minimum Gasteiger partial charge on any atom is -0.807 e. The van der Waals surface area contributed by atoms with Gasteiger partial charge in [0.15, 0.2) is 5.78 Å². The number of aromatic hydroxyl groups is 1. The van der Waals surface area contributed by atoms with E-state index in [1.165, 1.54) is 13.2 Å². The third-order valence-corrected chi connectivity index (χ3v) is 3.16. The molecule has 2 aromatic rings. The quantitative estimate of drug-likeness (QED) is 0.291. The number of hydrogen-bond donors (Lipinski definition) is 1. The Morgan fingerprint density at radius 1 is 1.00 bits per heavy atom. The topological polar surface area (TPSA) is 150 Å². The van der Waals surface area contributed by atoms with Gasteiger partial charge in [-0.1, -0.05) is 30.3 Å². The number of phenolic OH excluding ortho intramolecular Hbond substituents is 1. The maximum Gasteiger partial charge on any atom is 1.00 e. The first-order chi connectivity index (χ1) is 11.2. The number of carboxylic acid groups (broad SMARTS) is 1. The zero-order valence-electron chi connectivity index (χ0n) is 15.4. The summed E-state index contributed by atoms with van der Waals surface area (Å²) in [6, 6.07) is 13.5. The Balaban J connectivity index is -0.000000504. The molecule has 0 aliphatic heterocycles. The number of carbonyl (C=O) groups is 2. The molecule has 0 saturated carbocycles. The van der Waals surface area contributed by atoms with Crippen LogP contribution in [0, 0.1) is 0 Å². The van der Waals surface area contributed by atoms with E-state index >= 15 is 0 Å². The fourth-order valence-corrected chi connectivity index (χ4v) is 1.58. The molecule has 1 N–H and O–H groups in total. The van der Waals surface area contributed by atoms with Gasteiger partial charge in [-0.3, -0.25) is 4.79 Å². The van der Waals surface area contributed by atoms with Crippen molar-refractivity contribution in [2.75, 3.05) is 7.11 Å². The summed E-state index contributed by atoms with van der Waals surface area (Å²) in [6.07, 6.45) is 0. The van der Waals surface area contributed by atoms with Gasteiger partial charge >= 0.3 is 88.7 Å². The SMILES string of the molecule is COc1ccc(C(=O)c2ccccc2)c(O)c1.O=C([O-])P(=O)([O-])[O-].[Na+].[Na+].[Na+]. The summed E-state index contributed by atoms with van der Waals surface area (Å²) in [5.41, 5.74) is -1.74. The summed E-state index contributed by atoms with van der Waals surface area (Å²) in [7, 11) is -3.92. The molecule has 8 nitrogen and oxygen atoms in total. The van der Waals surface area contributed by atoms with Crippen LogP contribution in [0.5, 0.6) is 11.5 Å². The van der Waals surface area contributed by atoms with Crippen LogP contribution in [0.4, 0.5) is 4.79 Å². The summed E-state index contributed by atoms with van der Waals surface area (Å²) in [4.78, 5) is 39.4. The third kappa shape index (κ3) is 11.2. The third-order valence-electron chi connectivity index (χ3n) is 2.71. The molecule has 2 rings (SSSR count). The van der Waals surface area contributed by atoms with Crippen molar-refractivity contribution in [1.82, 2.24) is 0 Å². The Morgan fingerprint density at radius 3 is 1.85 bits per heavy atom. The predicted octanol–water partition coefficient (Wildman–Crippen LogP) is -9.11. The van der Waals surface area contributed by atoms with Crippen molar-refractivity contribution in [3.05, 3.63) is 59.7 Å². The Bertz CT molecular complexity index is 780. The maximum absolute atomic E-state index is 12.1. The number of carbonyl (C=O) groups excluding carboxylic acids is 2. The van der Waals surface area contributed by atoms with Gasteiger partial charge in [0, 0.05) is 11.6 Å². The molecule has 0 heterocycles. The molecule has 27 heavy (non-hydrogen) atoms. The van der Waals surface area contributed by atoms with Gasteiger partial charge < -0.3 is 34.1 Å². The van der Waals surface area contributed by atoms with Crippen molar-refractivity contribution in [3.8, 4) is 11.5 Å². The van der Waals surface area contributed by atoms with Crippen LogP contribution in [0.15, 0.2) is 48.5 Å². The molecule has 0 bridgehead atoms. The van der Waals surface area contributed by atoms with Crippen LogP contribution in [0.1, 0.15) is 15.9 Å². The van der Waals surface area contributed by atoms with E-state index < -0.39 is 13.3 Å². The Labute approximate surface area is 222 Å². The molecule has 0 unspecified atom stereocenters. The second-order valence-electron chi connectivity index (χ2n) is 4.34. The first kappa shape index (κ1) is 32.0. The van der Waals surface area contributed by atoms with Crippen LogP contribution in [0.3, 0.4) is 0 Å². The first-order valence-corrected chi connectivity index (χ1v) is 7.91. The van der Waals surface area contributed by atoms with Crippen LogP contribution < -0.4 is 108 Å². The molecular formula is C15H12Na3O8P. The van der Waals surface area contributed by atoms with Gasteiger partial charge in [0.25, 0.3) is 0 Å². The van der Waals surface area contributed by atoms with Crippen LogP contribution in [0.25, 0.3) is 0 Å². The Hall–Kier alpha value is 0.330. The maximum atomic E-state index is 12.1. The Morgan fingerprint density at radius 2 is 1.48 bits per heavy atom. The summed E-state index contributed by atoms with van der Waals surface area (Å²) in [5, 5.41) is 18.8. The molecule has 0 radical (unpaired) electrons. The van der Waals surface area contributed by atoms with Crippen molar-refractivity contribution in [2.24, 2.45) is 0 Å². The smallest absolute Gasteiger partial charge is 0.807 e. The zero-order valence-corrected chi connectivity index (χ0v) is 22.3. The molecule has 12 heteroatoms. The number of hydrogen-bond acceptors (Lipinski definition) is 8. The number of ketones is 1. The van der Waals surface area contributed by atoms with Crippen molar-refractivity contribution in [1.29, 1.82) is 0 Å². The minimum atomic E-state index is -5.43. The Kier molecular flexibility index (Phi) is 18.0. The van der Waals surface area contributed by atoms with E-state index in [-0.39, 0.29) is 106 Å². The molecule has 0 amide bonds. The van der Waals surface area contributed by atoms with Crippen LogP contribution in [0.2, 0.25) is 0 Å². The average molecular weight is 420 g/mol. The van der Waals surface area contributed by atoms with E-state index in [0.717, 1.165) is 0 Å². The van der Waals surface area contributed by atoms with Gasteiger partial charge in [0.05, 0.1) is 18.4 Å². The van der Waals surface area contributed by atoms with Crippen molar-refractivity contribution >= 4 is 19.1 Å². The van der Waals surface area contributed by atoms with Gasteiger partial charge in [-0.05, 0) is 19.7 Å². The van der Waals surface area contributed by atoms with Gasteiger partial charge in [-0.2, -0.15) is 0 Å². The van der Waals surface area contributed by atoms with Crippen molar-refractivity contribution < 1.29 is 128 Å². The second-order valence-corrected chi connectivity index (χ2v) is 5.70. The van der Waals surface area contributed by atoms with E-state index in [4.69, 9.17) is 29.0 Å². The zero-order chi connectivity index (χ0) is 18.3. The summed E-state index contributed by atoms with van der Waals surface area (Å²) >= 11 is 0. The fraction of sp³-hybridized carbons (Fsp3) is 0.0667. The van der Waals surface area contributed by atoms with Gasteiger partial charge in [-0.25, -0.2) is 0 Å². The van der Waals surface area contributed by atoms with E-state index in [9.17, 15) is 9.90 Å². The molecular weight excluding hydrogens is 408 g/mol. The molecule has 0 aliphatic carbocycles. The summed E-state index contributed by atoms with van der Waals surface area (Å²) in [6.45, 7) is 0. The van der Waals surface area contributed by atoms with Gasteiger partial charge in [0.1, 0.15) is 11.5 Å². The molecule has 0 fully saturated rings. The second kappa shape index (κ2) is 15.2. The number of methoxy groups -OCH3 is 1. The summed E-state index contributed by atoms with van der Waals surface area (Å²) in [5.74, 6) is 0.246. The van der Waals surface area contributed by atoms with Gasteiger partial charge in [-0.15, -0.1) is 0 Å². The van der Waals surface area contributed by atoms with E-state index in [0.29, 0.717) is 11.3 Å². The molecule has 128 valence electrons. The molecule has 0 aliphatic rings.